The summed E-state index contributed by atoms with van der Waals surface area (Å²) in [5, 5.41) is 12.1. The zero-order valence-corrected chi connectivity index (χ0v) is 17.6. The maximum Gasteiger partial charge on any atom is 0.264 e. The number of thiazole rings is 1. The van der Waals surface area contributed by atoms with Gasteiger partial charge in [-0.05, 0) is 5.56 Å². The van der Waals surface area contributed by atoms with Gasteiger partial charge in [0.15, 0.2) is 10.8 Å². The Balaban J connectivity index is 1.42. The van der Waals surface area contributed by atoms with Crippen molar-refractivity contribution < 1.29 is 9.59 Å². The first-order valence-electron chi connectivity index (χ1n) is 9.37. The fraction of sp³-hybridized carbons (Fsp3) is 0.200. The molecule has 0 spiro atoms. The molecule has 11 heteroatoms. The van der Waals surface area contributed by atoms with Gasteiger partial charge in [0, 0.05) is 31.5 Å². The van der Waals surface area contributed by atoms with E-state index in [4.69, 9.17) is 0 Å². The molecular formula is C20H19N7O3S. The van der Waals surface area contributed by atoms with Gasteiger partial charge in [-0.15, -0.1) is 11.3 Å². The number of carbonyl (C=O) groups is 2. The van der Waals surface area contributed by atoms with E-state index < -0.39 is 0 Å². The standard InChI is InChI=1S/C20H19N7O3S/c1-12(28)21-7-13-3-5-14(6-4-13)16-10-31-20(24-16)25-17(29)9-27-11-22-18-15(19(27)30)8-23-26(18)2/h3-6,8,10-11H,7,9H2,1-2H3,(H,21,28)(H,24,25,29). The first-order valence-corrected chi connectivity index (χ1v) is 10.2. The van der Waals surface area contributed by atoms with Crippen LogP contribution >= 0.6 is 11.3 Å². The molecule has 4 rings (SSSR count). The summed E-state index contributed by atoms with van der Waals surface area (Å²) in [6.07, 6.45) is 2.77. The Morgan fingerprint density at radius 1 is 1.19 bits per heavy atom. The minimum Gasteiger partial charge on any atom is -0.352 e. The summed E-state index contributed by atoms with van der Waals surface area (Å²) in [6.45, 7) is 1.76. The van der Waals surface area contributed by atoms with E-state index in [1.165, 1.54) is 40.0 Å². The van der Waals surface area contributed by atoms with Crippen molar-refractivity contribution in [3.05, 3.63) is 58.1 Å². The van der Waals surface area contributed by atoms with Crippen LogP contribution in [0.4, 0.5) is 5.13 Å². The molecule has 2 amide bonds. The first kappa shape index (κ1) is 20.4. The summed E-state index contributed by atoms with van der Waals surface area (Å²) in [7, 11) is 1.70. The van der Waals surface area contributed by atoms with E-state index in [2.05, 4.69) is 25.7 Å². The van der Waals surface area contributed by atoms with Gasteiger partial charge in [-0.3, -0.25) is 23.6 Å². The lowest BCUT2D eigenvalue weighted by molar-refractivity contribution is -0.119. The van der Waals surface area contributed by atoms with Crippen molar-refractivity contribution in [1.29, 1.82) is 0 Å². The van der Waals surface area contributed by atoms with Crippen LogP contribution in [0.1, 0.15) is 12.5 Å². The number of hydrogen-bond donors (Lipinski definition) is 2. The van der Waals surface area contributed by atoms with Crippen LogP contribution in [0, 0.1) is 0 Å². The van der Waals surface area contributed by atoms with E-state index in [0.29, 0.717) is 22.7 Å². The number of hydrogen-bond acceptors (Lipinski definition) is 7. The normalized spacial score (nSPS) is 10.9. The van der Waals surface area contributed by atoms with Crippen molar-refractivity contribution in [2.75, 3.05) is 5.32 Å². The molecule has 10 nitrogen and oxygen atoms in total. The lowest BCUT2D eigenvalue weighted by atomic mass is 10.1. The van der Waals surface area contributed by atoms with Crippen molar-refractivity contribution in [3.8, 4) is 11.3 Å². The number of aromatic nitrogens is 5. The fourth-order valence-electron chi connectivity index (χ4n) is 2.98. The van der Waals surface area contributed by atoms with Gasteiger partial charge in [0.25, 0.3) is 5.56 Å². The Labute approximate surface area is 180 Å². The second-order valence-electron chi connectivity index (χ2n) is 6.88. The Kier molecular flexibility index (Phi) is 5.58. The maximum atomic E-state index is 12.5. The molecule has 0 saturated carbocycles. The van der Waals surface area contributed by atoms with E-state index in [9.17, 15) is 14.4 Å². The minimum atomic E-state index is -0.376. The van der Waals surface area contributed by atoms with Gasteiger partial charge < -0.3 is 10.6 Å². The molecule has 0 unspecified atom stereocenters. The van der Waals surface area contributed by atoms with E-state index in [1.54, 1.807) is 7.05 Å². The van der Waals surface area contributed by atoms with Gasteiger partial charge in [0.2, 0.25) is 11.8 Å². The third-order valence-corrected chi connectivity index (χ3v) is 5.33. The van der Waals surface area contributed by atoms with Gasteiger partial charge in [-0.1, -0.05) is 24.3 Å². The molecule has 0 bridgehead atoms. The summed E-state index contributed by atoms with van der Waals surface area (Å²) in [5.41, 5.74) is 2.74. The first-order chi connectivity index (χ1) is 14.9. The molecule has 0 aliphatic heterocycles. The number of benzene rings is 1. The van der Waals surface area contributed by atoms with Crippen molar-refractivity contribution in [3.63, 3.8) is 0 Å². The SMILES string of the molecule is CC(=O)NCc1ccc(-c2csc(NC(=O)Cn3cnc4c(cnn4C)c3=O)n2)cc1. The van der Waals surface area contributed by atoms with Crippen molar-refractivity contribution in [1.82, 2.24) is 29.6 Å². The van der Waals surface area contributed by atoms with E-state index in [-0.39, 0.29) is 23.9 Å². The van der Waals surface area contributed by atoms with Crippen LogP contribution in [0.15, 0.2) is 47.0 Å². The molecule has 0 fully saturated rings. The molecule has 3 heterocycles. The van der Waals surface area contributed by atoms with Crippen LogP contribution in [0.2, 0.25) is 0 Å². The zero-order chi connectivity index (χ0) is 22.0. The monoisotopic (exact) mass is 437 g/mol. The predicted molar refractivity (Wildman–Crippen MR) is 116 cm³/mol. The summed E-state index contributed by atoms with van der Waals surface area (Å²) in [6, 6.07) is 7.64. The van der Waals surface area contributed by atoms with E-state index in [1.807, 2.05) is 29.6 Å². The Morgan fingerprint density at radius 2 is 1.97 bits per heavy atom. The minimum absolute atomic E-state index is 0.0811. The average Bonchev–Trinajstić information content (AvgIpc) is 3.36. The molecule has 3 aromatic heterocycles. The van der Waals surface area contributed by atoms with Crippen LogP contribution in [0.3, 0.4) is 0 Å². The highest BCUT2D eigenvalue weighted by Gasteiger charge is 2.13. The summed E-state index contributed by atoms with van der Waals surface area (Å²) in [5.74, 6) is -0.457. The number of anilines is 1. The van der Waals surface area contributed by atoms with Crippen molar-refractivity contribution in [2.24, 2.45) is 7.05 Å². The van der Waals surface area contributed by atoms with Gasteiger partial charge in [-0.25, -0.2) is 9.97 Å². The lowest BCUT2D eigenvalue weighted by Crippen LogP contribution is -2.27. The molecule has 158 valence electrons. The third kappa shape index (κ3) is 4.51. The number of aryl methyl sites for hydroxylation is 1. The Bertz CT molecular complexity index is 1320. The number of nitrogens with one attached hydrogen (secondary N) is 2. The molecule has 4 aromatic rings. The number of fused-ring (bicyclic) bond motifs is 1. The average molecular weight is 437 g/mol. The fourth-order valence-corrected chi connectivity index (χ4v) is 3.71. The maximum absolute atomic E-state index is 12.5. The molecular weight excluding hydrogens is 418 g/mol. The highest BCUT2D eigenvalue weighted by molar-refractivity contribution is 7.14. The number of nitrogens with zero attached hydrogens (tertiary/aromatic N) is 5. The molecule has 0 radical (unpaired) electrons. The van der Waals surface area contributed by atoms with Crippen molar-refractivity contribution >= 4 is 39.3 Å². The summed E-state index contributed by atoms with van der Waals surface area (Å²) < 4.78 is 2.74. The number of carbonyl (C=O) groups excluding carboxylic acids is 2. The molecule has 2 N–H and O–H groups in total. The summed E-state index contributed by atoms with van der Waals surface area (Å²) >= 11 is 1.30. The second kappa shape index (κ2) is 8.48. The van der Waals surface area contributed by atoms with Crippen LogP contribution in [-0.4, -0.2) is 36.1 Å². The topological polar surface area (TPSA) is 124 Å². The third-order valence-electron chi connectivity index (χ3n) is 4.57. The van der Waals surface area contributed by atoms with Gasteiger partial charge in [0.1, 0.15) is 18.3 Å². The predicted octanol–water partition coefficient (Wildman–Crippen LogP) is 1.53. The highest BCUT2D eigenvalue weighted by Crippen LogP contribution is 2.25. The quantitative estimate of drug-likeness (QED) is 0.471. The smallest absolute Gasteiger partial charge is 0.264 e. The molecule has 31 heavy (non-hydrogen) atoms. The Morgan fingerprint density at radius 3 is 2.71 bits per heavy atom. The molecule has 1 aromatic carbocycles. The van der Waals surface area contributed by atoms with Gasteiger partial charge in [0.05, 0.1) is 11.9 Å². The Hall–Kier alpha value is -3.86. The highest BCUT2D eigenvalue weighted by atomic mass is 32.1. The molecule has 0 saturated heterocycles. The number of rotatable bonds is 6. The summed E-state index contributed by atoms with van der Waals surface area (Å²) in [4.78, 5) is 44.5. The van der Waals surface area contributed by atoms with Crippen LogP contribution in [-0.2, 0) is 29.7 Å². The number of amides is 2. The lowest BCUT2D eigenvalue weighted by Gasteiger charge is -2.05. The van der Waals surface area contributed by atoms with Crippen molar-refractivity contribution in [2.45, 2.75) is 20.0 Å². The van der Waals surface area contributed by atoms with Crippen LogP contribution in [0.5, 0.6) is 0 Å². The van der Waals surface area contributed by atoms with Crippen LogP contribution < -0.4 is 16.2 Å². The van der Waals surface area contributed by atoms with Gasteiger partial charge >= 0.3 is 0 Å². The second-order valence-corrected chi connectivity index (χ2v) is 7.73. The van der Waals surface area contributed by atoms with Crippen LogP contribution in [0.25, 0.3) is 22.3 Å². The largest absolute Gasteiger partial charge is 0.352 e. The van der Waals surface area contributed by atoms with E-state index in [0.717, 1.165) is 16.8 Å². The van der Waals surface area contributed by atoms with E-state index >= 15 is 0 Å². The molecule has 0 aliphatic carbocycles. The van der Waals surface area contributed by atoms with Gasteiger partial charge in [-0.2, -0.15) is 5.10 Å². The molecule has 0 atom stereocenters. The zero-order valence-electron chi connectivity index (χ0n) is 16.8. The molecule has 0 aliphatic rings.